The van der Waals surface area contributed by atoms with Crippen LogP contribution in [0.5, 0.6) is 0 Å². The maximum Gasteiger partial charge on any atom is 0.410 e. The van der Waals surface area contributed by atoms with Crippen LogP contribution < -0.4 is 0 Å². The standard InChI is InChI=1S/C21H30Cl2N2O3/c1-14(2)25(12-15-8-9-17(22)18(23)11-15)19(26)16-7-6-10-24(13-16)20(27)28-21(3,4)5/h8-9,11,14,16H,6-7,10,12-13H2,1-5H3. The Morgan fingerprint density at radius 3 is 2.50 bits per heavy atom. The van der Waals surface area contributed by atoms with E-state index in [-0.39, 0.29) is 24.0 Å². The van der Waals surface area contributed by atoms with Crippen molar-refractivity contribution in [2.45, 2.75) is 65.6 Å². The molecule has 1 fully saturated rings. The van der Waals surface area contributed by atoms with Crippen molar-refractivity contribution >= 4 is 35.2 Å². The summed E-state index contributed by atoms with van der Waals surface area (Å²) in [6, 6.07) is 5.44. The molecule has 7 heteroatoms. The second-order valence-electron chi connectivity index (χ2n) is 8.57. The minimum Gasteiger partial charge on any atom is -0.444 e. The Hall–Kier alpha value is -1.46. The summed E-state index contributed by atoms with van der Waals surface area (Å²) >= 11 is 12.1. The molecule has 1 aliphatic heterocycles. The highest BCUT2D eigenvalue weighted by atomic mass is 35.5. The van der Waals surface area contributed by atoms with E-state index in [9.17, 15) is 9.59 Å². The zero-order valence-corrected chi connectivity index (χ0v) is 18.8. The van der Waals surface area contributed by atoms with Crippen molar-refractivity contribution in [1.82, 2.24) is 9.80 Å². The Labute approximate surface area is 177 Å². The van der Waals surface area contributed by atoms with Crippen LogP contribution in [0, 0.1) is 5.92 Å². The maximum absolute atomic E-state index is 13.2. The highest BCUT2D eigenvalue weighted by Crippen LogP contribution is 2.26. The molecule has 1 aliphatic rings. The summed E-state index contributed by atoms with van der Waals surface area (Å²) in [5, 5.41) is 0.970. The minimum atomic E-state index is -0.550. The van der Waals surface area contributed by atoms with E-state index in [2.05, 4.69) is 0 Å². The van der Waals surface area contributed by atoms with Crippen molar-refractivity contribution in [2.75, 3.05) is 13.1 Å². The van der Waals surface area contributed by atoms with Crippen molar-refractivity contribution in [1.29, 1.82) is 0 Å². The van der Waals surface area contributed by atoms with E-state index in [1.165, 1.54) is 0 Å². The Bertz CT molecular complexity index is 716. The minimum absolute atomic E-state index is 0.0267. The summed E-state index contributed by atoms with van der Waals surface area (Å²) in [5.41, 5.74) is 0.377. The first-order valence-corrected chi connectivity index (χ1v) is 10.5. The Morgan fingerprint density at radius 2 is 1.93 bits per heavy atom. The van der Waals surface area contributed by atoms with Crippen molar-refractivity contribution in [3.8, 4) is 0 Å². The van der Waals surface area contributed by atoms with Crippen LogP contribution in [0.15, 0.2) is 18.2 Å². The van der Waals surface area contributed by atoms with Crippen LogP contribution in [0.25, 0.3) is 0 Å². The van der Waals surface area contributed by atoms with E-state index >= 15 is 0 Å². The Balaban J connectivity index is 2.09. The summed E-state index contributed by atoms with van der Waals surface area (Å²) in [6.07, 6.45) is 1.20. The number of piperidine rings is 1. The van der Waals surface area contributed by atoms with Crippen molar-refractivity contribution in [3.63, 3.8) is 0 Å². The average molecular weight is 429 g/mol. The van der Waals surface area contributed by atoms with Crippen molar-refractivity contribution < 1.29 is 14.3 Å². The molecule has 1 heterocycles. The third kappa shape index (κ3) is 6.28. The van der Waals surface area contributed by atoms with E-state index in [0.717, 1.165) is 18.4 Å². The van der Waals surface area contributed by atoms with Crippen LogP contribution in [-0.2, 0) is 16.1 Å². The van der Waals surface area contributed by atoms with Crippen LogP contribution in [0.3, 0.4) is 0 Å². The lowest BCUT2D eigenvalue weighted by Gasteiger charge is -2.37. The number of hydrogen-bond acceptors (Lipinski definition) is 3. The highest BCUT2D eigenvalue weighted by Gasteiger charge is 2.33. The molecule has 0 bridgehead atoms. The lowest BCUT2D eigenvalue weighted by Crippen LogP contribution is -2.49. The summed E-state index contributed by atoms with van der Waals surface area (Å²) in [7, 11) is 0. The number of ether oxygens (including phenoxy) is 1. The smallest absolute Gasteiger partial charge is 0.410 e. The quantitative estimate of drug-likeness (QED) is 0.646. The van der Waals surface area contributed by atoms with Crippen LogP contribution >= 0.6 is 23.2 Å². The molecule has 1 atom stereocenters. The molecule has 1 aromatic rings. The fraction of sp³-hybridized carbons (Fsp3) is 0.619. The van der Waals surface area contributed by atoms with Gasteiger partial charge < -0.3 is 14.5 Å². The van der Waals surface area contributed by atoms with E-state index < -0.39 is 5.60 Å². The number of hydrogen-bond donors (Lipinski definition) is 0. The molecule has 1 unspecified atom stereocenters. The number of carbonyl (C=O) groups excluding carboxylic acids is 2. The number of nitrogens with zero attached hydrogens (tertiary/aromatic N) is 2. The Kier molecular flexibility index (Phi) is 7.63. The van der Waals surface area contributed by atoms with Gasteiger partial charge >= 0.3 is 6.09 Å². The van der Waals surface area contributed by atoms with Gasteiger partial charge in [0.05, 0.1) is 16.0 Å². The van der Waals surface area contributed by atoms with Gasteiger partial charge in [-0.1, -0.05) is 29.3 Å². The zero-order chi connectivity index (χ0) is 21.1. The predicted molar refractivity (Wildman–Crippen MR) is 113 cm³/mol. The molecule has 28 heavy (non-hydrogen) atoms. The number of carbonyl (C=O) groups is 2. The number of benzene rings is 1. The number of amides is 2. The molecule has 0 N–H and O–H groups in total. The molecular formula is C21H30Cl2N2O3. The molecule has 0 aliphatic carbocycles. The summed E-state index contributed by atoms with van der Waals surface area (Å²) < 4.78 is 5.47. The molecule has 1 saturated heterocycles. The molecule has 0 aromatic heterocycles. The zero-order valence-electron chi connectivity index (χ0n) is 17.3. The monoisotopic (exact) mass is 428 g/mol. The third-order valence-corrected chi connectivity index (χ3v) is 5.40. The second-order valence-corrected chi connectivity index (χ2v) is 9.39. The van der Waals surface area contributed by atoms with E-state index in [0.29, 0.717) is 29.7 Å². The molecule has 0 radical (unpaired) electrons. The van der Waals surface area contributed by atoms with Gasteiger partial charge in [0, 0.05) is 25.7 Å². The molecule has 2 rings (SSSR count). The first-order valence-electron chi connectivity index (χ1n) is 9.70. The van der Waals surface area contributed by atoms with Crippen molar-refractivity contribution in [3.05, 3.63) is 33.8 Å². The molecule has 156 valence electrons. The largest absolute Gasteiger partial charge is 0.444 e. The molecule has 0 spiro atoms. The number of rotatable bonds is 4. The van der Waals surface area contributed by atoms with E-state index in [1.54, 1.807) is 17.0 Å². The fourth-order valence-corrected chi connectivity index (χ4v) is 3.58. The van der Waals surface area contributed by atoms with Gasteiger partial charge in [0.25, 0.3) is 0 Å². The summed E-state index contributed by atoms with van der Waals surface area (Å²) in [6.45, 7) is 11.0. The lowest BCUT2D eigenvalue weighted by atomic mass is 9.96. The van der Waals surface area contributed by atoms with E-state index in [4.69, 9.17) is 27.9 Å². The second kappa shape index (κ2) is 9.36. The van der Waals surface area contributed by atoms with Crippen molar-refractivity contribution in [2.24, 2.45) is 5.92 Å². The summed E-state index contributed by atoms with van der Waals surface area (Å²) in [5.74, 6) is -0.180. The highest BCUT2D eigenvalue weighted by molar-refractivity contribution is 6.42. The topological polar surface area (TPSA) is 49.9 Å². The van der Waals surface area contributed by atoms with Crippen LogP contribution in [-0.4, -0.2) is 46.5 Å². The first kappa shape index (κ1) is 22.8. The van der Waals surface area contributed by atoms with Crippen LogP contribution in [0.1, 0.15) is 53.0 Å². The van der Waals surface area contributed by atoms with Gasteiger partial charge in [0.15, 0.2) is 0 Å². The van der Waals surface area contributed by atoms with Gasteiger partial charge in [0.2, 0.25) is 5.91 Å². The van der Waals surface area contributed by atoms with Gasteiger partial charge in [0.1, 0.15) is 5.60 Å². The molecular weight excluding hydrogens is 399 g/mol. The molecule has 5 nitrogen and oxygen atoms in total. The number of likely N-dealkylation sites (tertiary alicyclic amines) is 1. The summed E-state index contributed by atoms with van der Waals surface area (Å²) in [4.78, 5) is 29.1. The molecule has 0 saturated carbocycles. The van der Waals surface area contributed by atoms with Gasteiger partial charge in [-0.15, -0.1) is 0 Å². The molecule has 2 amide bonds. The van der Waals surface area contributed by atoms with Gasteiger partial charge in [-0.2, -0.15) is 0 Å². The van der Waals surface area contributed by atoms with Gasteiger partial charge in [-0.05, 0) is 65.2 Å². The number of halogens is 2. The average Bonchev–Trinajstić information content (AvgIpc) is 2.60. The van der Waals surface area contributed by atoms with Gasteiger partial charge in [-0.3, -0.25) is 4.79 Å². The Morgan fingerprint density at radius 1 is 1.25 bits per heavy atom. The van der Waals surface area contributed by atoms with Crippen LogP contribution in [0.2, 0.25) is 10.0 Å². The normalized spacial score (nSPS) is 17.6. The van der Waals surface area contributed by atoms with E-state index in [1.807, 2.05) is 45.6 Å². The molecule has 1 aromatic carbocycles. The van der Waals surface area contributed by atoms with Gasteiger partial charge in [-0.25, -0.2) is 4.79 Å². The lowest BCUT2D eigenvalue weighted by molar-refractivity contribution is -0.139. The fourth-order valence-electron chi connectivity index (χ4n) is 3.26. The first-order chi connectivity index (χ1) is 13.0. The predicted octanol–water partition coefficient (Wildman–Crippen LogP) is 5.38. The third-order valence-electron chi connectivity index (χ3n) is 4.67. The van der Waals surface area contributed by atoms with Crippen LogP contribution in [0.4, 0.5) is 4.79 Å². The SMILES string of the molecule is CC(C)N(Cc1ccc(Cl)c(Cl)c1)C(=O)C1CCCN(C(=O)OC(C)(C)C)C1. The maximum atomic E-state index is 13.2.